The number of benzene rings is 2. The molecule has 2 aromatic rings. The molecule has 0 bridgehead atoms. The number of carbonyl (C=O) groups is 1. The Hall–Kier alpha value is -2.17. The highest BCUT2D eigenvalue weighted by Gasteiger charge is 2.18. The van der Waals surface area contributed by atoms with Gasteiger partial charge >= 0.3 is 5.97 Å². The van der Waals surface area contributed by atoms with E-state index in [1.165, 1.54) is 0 Å². The van der Waals surface area contributed by atoms with Crippen molar-refractivity contribution in [2.75, 3.05) is 13.2 Å². The molecular formula is C16H14O4. The van der Waals surface area contributed by atoms with Gasteiger partial charge in [0.1, 0.15) is 5.75 Å². The second-order valence-corrected chi connectivity index (χ2v) is 4.40. The molecule has 1 fully saturated rings. The molecule has 0 radical (unpaired) electrons. The Morgan fingerprint density at radius 3 is 2.25 bits per heavy atom. The maximum atomic E-state index is 12.0. The second kappa shape index (κ2) is 5.86. The first-order valence-electron chi connectivity index (χ1n) is 6.43. The van der Waals surface area contributed by atoms with Gasteiger partial charge in [0.05, 0.1) is 18.8 Å². The molecule has 0 saturated carbocycles. The quantitative estimate of drug-likeness (QED) is 0.635. The normalized spacial score (nSPS) is 15.2. The van der Waals surface area contributed by atoms with Crippen LogP contribution in [0.4, 0.5) is 0 Å². The molecule has 4 nitrogen and oxygen atoms in total. The van der Waals surface area contributed by atoms with E-state index in [-0.39, 0.29) is 12.3 Å². The molecule has 3 rings (SSSR count). The maximum Gasteiger partial charge on any atom is 0.343 e. The van der Waals surface area contributed by atoms with E-state index in [1.54, 1.807) is 24.3 Å². The van der Waals surface area contributed by atoms with Crippen LogP contribution < -0.4 is 4.74 Å². The van der Waals surface area contributed by atoms with Crippen LogP contribution in [0.2, 0.25) is 0 Å². The lowest BCUT2D eigenvalue weighted by atomic mass is 10.1. The minimum absolute atomic E-state index is 0.325. The van der Waals surface area contributed by atoms with Crippen molar-refractivity contribution in [3.05, 3.63) is 65.7 Å². The van der Waals surface area contributed by atoms with Crippen LogP contribution >= 0.6 is 0 Å². The number of para-hydroxylation sites is 1. The fourth-order valence-corrected chi connectivity index (χ4v) is 1.98. The Labute approximate surface area is 116 Å². The van der Waals surface area contributed by atoms with Crippen LogP contribution in [0.1, 0.15) is 22.2 Å². The van der Waals surface area contributed by atoms with Gasteiger partial charge < -0.3 is 14.2 Å². The van der Waals surface area contributed by atoms with Crippen molar-refractivity contribution in [2.24, 2.45) is 0 Å². The lowest BCUT2D eigenvalue weighted by Gasteiger charge is -2.09. The lowest BCUT2D eigenvalue weighted by Crippen LogP contribution is -2.08. The summed E-state index contributed by atoms with van der Waals surface area (Å²) < 4.78 is 16.1. The topological polar surface area (TPSA) is 44.8 Å². The number of hydrogen-bond acceptors (Lipinski definition) is 4. The summed E-state index contributed by atoms with van der Waals surface area (Å²) in [7, 11) is 0. The summed E-state index contributed by atoms with van der Waals surface area (Å²) in [5.74, 6) is 0.153. The zero-order valence-corrected chi connectivity index (χ0v) is 10.8. The first-order chi connectivity index (χ1) is 9.83. The average molecular weight is 270 g/mol. The fraction of sp³-hybridized carbons (Fsp3) is 0.188. The van der Waals surface area contributed by atoms with Gasteiger partial charge in [-0.1, -0.05) is 30.3 Å². The zero-order chi connectivity index (χ0) is 13.8. The van der Waals surface area contributed by atoms with E-state index >= 15 is 0 Å². The number of esters is 1. The van der Waals surface area contributed by atoms with Crippen molar-refractivity contribution < 1.29 is 19.0 Å². The average Bonchev–Trinajstić information content (AvgIpc) is 3.03. The molecule has 0 aromatic heterocycles. The summed E-state index contributed by atoms with van der Waals surface area (Å²) in [5, 5.41) is 0. The Morgan fingerprint density at radius 1 is 0.950 bits per heavy atom. The molecule has 1 heterocycles. The second-order valence-electron chi connectivity index (χ2n) is 4.40. The molecule has 0 atom stereocenters. The van der Waals surface area contributed by atoms with E-state index in [1.807, 2.05) is 30.3 Å². The lowest BCUT2D eigenvalue weighted by molar-refractivity contribution is -0.0441. The molecule has 1 aliphatic rings. The SMILES string of the molecule is O=C(Oc1ccccc1)c1ccc(C2OCCO2)cc1. The van der Waals surface area contributed by atoms with Crippen molar-refractivity contribution >= 4 is 5.97 Å². The molecule has 102 valence electrons. The smallest absolute Gasteiger partial charge is 0.343 e. The van der Waals surface area contributed by atoms with E-state index in [9.17, 15) is 4.79 Å². The molecule has 2 aromatic carbocycles. The minimum Gasteiger partial charge on any atom is -0.423 e. The maximum absolute atomic E-state index is 12.0. The molecular weight excluding hydrogens is 256 g/mol. The Morgan fingerprint density at radius 2 is 1.60 bits per heavy atom. The number of ether oxygens (including phenoxy) is 3. The first kappa shape index (κ1) is 12.8. The largest absolute Gasteiger partial charge is 0.423 e. The van der Waals surface area contributed by atoms with E-state index in [2.05, 4.69) is 0 Å². The molecule has 4 heteroatoms. The van der Waals surface area contributed by atoms with Gasteiger partial charge in [0.25, 0.3) is 0 Å². The predicted octanol–water partition coefficient (Wildman–Crippen LogP) is 2.95. The summed E-state index contributed by atoms with van der Waals surface area (Å²) >= 11 is 0. The van der Waals surface area contributed by atoms with Crippen molar-refractivity contribution in [1.82, 2.24) is 0 Å². The Kier molecular flexibility index (Phi) is 3.76. The molecule has 1 aliphatic heterocycles. The Bertz CT molecular complexity index is 571. The molecule has 0 unspecified atom stereocenters. The van der Waals surface area contributed by atoms with Crippen LogP contribution in [0.3, 0.4) is 0 Å². The van der Waals surface area contributed by atoms with Crippen LogP contribution in [-0.2, 0) is 9.47 Å². The van der Waals surface area contributed by atoms with Gasteiger partial charge in [-0.15, -0.1) is 0 Å². The summed E-state index contributed by atoms with van der Waals surface area (Å²) in [4.78, 5) is 12.0. The summed E-state index contributed by atoms with van der Waals surface area (Å²) in [6.07, 6.45) is -0.325. The van der Waals surface area contributed by atoms with Gasteiger partial charge in [-0.05, 0) is 24.3 Å². The van der Waals surface area contributed by atoms with Crippen molar-refractivity contribution in [3.8, 4) is 5.75 Å². The van der Waals surface area contributed by atoms with Gasteiger partial charge in [0, 0.05) is 5.56 Å². The standard InChI is InChI=1S/C16H14O4/c17-15(20-14-4-2-1-3-5-14)12-6-8-13(9-7-12)16-18-10-11-19-16/h1-9,16H,10-11H2. The summed E-state index contributed by atoms with van der Waals surface area (Å²) in [5.41, 5.74) is 1.40. The van der Waals surface area contributed by atoms with Crippen molar-refractivity contribution in [2.45, 2.75) is 6.29 Å². The molecule has 0 aliphatic carbocycles. The third-order valence-electron chi connectivity index (χ3n) is 2.99. The van der Waals surface area contributed by atoms with Crippen molar-refractivity contribution in [1.29, 1.82) is 0 Å². The molecule has 0 N–H and O–H groups in total. The number of carbonyl (C=O) groups excluding carboxylic acids is 1. The monoisotopic (exact) mass is 270 g/mol. The first-order valence-corrected chi connectivity index (χ1v) is 6.43. The van der Waals surface area contributed by atoms with Crippen LogP contribution in [0.25, 0.3) is 0 Å². The Balaban J connectivity index is 1.69. The van der Waals surface area contributed by atoms with E-state index in [4.69, 9.17) is 14.2 Å². The minimum atomic E-state index is -0.379. The third-order valence-corrected chi connectivity index (χ3v) is 2.99. The third kappa shape index (κ3) is 2.87. The van der Waals surface area contributed by atoms with Crippen LogP contribution in [-0.4, -0.2) is 19.2 Å². The molecule has 1 saturated heterocycles. The highest BCUT2D eigenvalue weighted by atomic mass is 16.7. The van der Waals surface area contributed by atoms with E-state index in [0.29, 0.717) is 24.5 Å². The highest BCUT2D eigenvalue weighted by molar-refractivity contribution is 5.91. The van der Waals surface area contributed by atoms with Gasteiger partial charge in [0.15, 0.2) is 6.29 Å². The highest BCUT2D eigenvalue weighted by Crippen LogP contribution is 2.23. The van der Waals surface area contributed by atoms with Crippen LogP contribution in [0.5, 0.6) is 5.75 Å². The van der Waals surface area contributed by atoms with Gasteiger partial charge in [-0.2, -0.15) is 0 Å². The van der Waals surface area contributed by atoms with Crippen molar-refractivity contribution in [3.63, 3.8) is 0 Å². The summed E-state index contributed by atoms with van der Waals surface area (Å²) in [6, 6.07) is 16.1. The van der Waals surface area contributed by atoms with Gasteiger partial charge in [-0.3, -0.25) is 0 Å². The predicted molar refractivity (Wildman–Crippen MR) is 72.5 cm³/mol. The van der Waals surface area contributed by atoms with E-state index in [0.717, 1.165) is 5.56 Å². The van der Waals surface area contributed by atoms with Crippen LogP contribution in [0, 0.1) is 0 Å². The van der Waals surface area contributed by atoms with E-state index < -0.39 is 0 Å². The fourth-order valence-electron chi connectivity index (χ4n) is 1.98. The number of hydrogen-bond donors (Lipinski definition) is 0. The summed E-state index contributed by atoms with van der Waals surface area (Å²) in [6.45, 7) is 1.20. The van der Waals surface area contributed by atoms with Crippen LogP contribution in [0.15, 0.2) is 54.6 Å². The van der Waals surface area contributed by atoms with Gasteiger partial charge in [-0.25, -0.2) is 4.79 Å². The molecule has 0 spiro atoms. The zero-order valence-electron chi connectivity index (χ0n) is 10.8. The molecule has 0 amide bonds. The van der Waals surface area contributed by atoms with Gasteiger partial charge in [0.2, 0.25) is 0 Å². The molecule has 20 heavy (non-hydrogen) atoms. The number of rotatable bonds is 3.